The molecule has 9 heteroatoms. The van der Waals surface area contributed by atoms with Crippen molar-refractivity contribution in [3.8, 4) is 11.8 Å². The molecule has 4 heterocycles. The van der Waals surface area contributed by atoms with Crippen molar-refractivity contribution in [2.45, 2.75) is 25.2 Å². The quantitative estimate of drug-likeness (QED) is 0.811. The van der Waals surface area contributed by atoms with E-state index in [9.17, 15) is 5.26 Å². The molecule has 0 amide bonds. The molecule has 0 radical (unpaired) electrons. The third-order valence-electron chi connectivity index (χ3n) is 4.75. The van der Waals surface area contributed by atoms with Crippen molar-refractivity contribution < 1.29 is 4.74 Å². The van der Waals surface area contributed by atoms with E-state index in [1.165, 1.54) is 0 Å². The van der Waals surface area contributed by atoms with Crippen molar-refractivity contribution in [2.75, 3.05) is 18.0 Å². The van der Waals surface area contributed by atoms with Gasteiger partial charge in [0.05, 0.1) is 17.6 Å². The fourth-order valence-corrected chi connectivity index (χ4v) is 3.36. The molecule has 28 heavy (non-hydrogen) atoms. The lowest BCUT2D eigenvalue weighted by Crippen LogP contribution is -2.41. The van der Waals surface area contributed by atoms with Crippen molar-refractivity contribution in [1.82, 2.24) is 20.1 Å². The van der Waals surface area contributed by atoms with Gasteiger partial charge in [-0.15, -0.1) is 0 Å². The minimum absolute atomic E-state index is 0.0109. The highest BCUT2D eigenvalue weighted by atomic mass is 16.5. The molecular weight excluding hydrogens is 356 g/mol. The van der Waals surface area contributed by atoms with Crippen LogP contribution in [0.15, 0.2) is 41.9 Å². The van der Waals surface area contributed by atoms with Crippen LogP contribution in [0.3, 0.4) is 0 Å². The monoisotopic (exact) mass is 378 g/mol. The summed E-state index contributed by atoms with van der Waals surface area (Å²) in [6.45, 7) is 1.72. The molecule has 0 spiro atoms. The first-order chi connectivity index (χ1) is 13.7. The molecule has 144 valence electrons. The number of nitriles is 1. The number of nitrogens with zero attached hydrogens (tertiary/aromatic N) is 6. The summed E-state index contributed by atoms with van der Waals surface area (Å²) >= 11 is 0. The van der Waals surface area contributed by atoms with Gasteiger partial charge in [-0.2, -0.15) is 10.4 Å². The van der Waals surface area contributed by atoms with Crippen molar-refractivity contribution in [1.29, 1.82) is 5.26 Å². The number of hydrogen-bond acceptors (Lipinski definition) is 8. The predicted octanol–water partition coefficient (Wildman–Crippen LogP) is 0.883. The number of rotatable bonds is 4. The Morgan fingerprint density at radius 3 is 3.00 bits per heavy atom. The van der Waals surface area contributed by atoms with Gasteiger partial charge in [-0.25, -0.2) is 9.98 Å². The number of allylic oxidation sites excluding steroid dienone is 1. The Balaban J connectivity index is 1.63. The first-order valence-electron chi connectivity index (χ1n) is 9.21. The minimum Gasteiger partial charge on any atom is -0.484 e. The van der Waals surface area contributed by atoms with Gasteiger partial charge in [0.1, 0.15) is 12.2 Å². The van der Waals surface area contributed by atoms with Gasteiger partial charge in [0.2, 0.25) is 0 Å². The van der Waals surface area contributed by atoms with Crippen molar-refractivity contribution >= 4 is 11.4 Å². The number of aromatic nitrogens is 3. The molecule has 2 aromatic rings. The highest BCUT2D eigenvalue weighted by Crippen LogP contribution is 2.34. The highest BCUT2D eigenvalue weighted by Gasteiger charge is 2.25. The fourth-order valence-electron chi connectivity index (χ4n) is 3.36. The summed E-state index contributed by atoms with van der Waals surface area (Å²) in [5.41, 5.74) is 8.89. The van der Waals surface area contributed by atoms with Crippen LogP contribution < -0.4 is 20.7 Å². The van der Waals surface area contributed by atoms with E-state index in [1.807, 2.05) is 25.5 Å². The van der Waals surface area contributed by atoms with Crippen LogP contribution >= 0.6 is 0 Å². The number of piperidine rings is 1. The zero-order valence-corrected chi connectivity index (χ0v) is 15.6. The zero-order chi connectivity index (χ0) is 19.5. The first-order valence-corrected chi connectivity index (χ1v) is 9.21. The maximum absolute atomic E-state index is 9.52. The molecule has 0 bridgehead atoms. The number of anilines is 1. The summed E-state index contributed by atoms with van der Waals surface area (Å²) in [6.07, 6.45) is 10.2. The molecule has 9 nitrogen and oxygen atoms in total. The summed E-state index contributed by atoms with van der Waals surface area (Å²) < 4.78 is 7.90. The van der Waals surface area contributed by atoms with Gasteiger partial charge in [-0.3, -0.25) is 10.4 Å². The Hall–Kier alpha value is -3.22. The van der Waals surface area contributed by atoms with Gasteiger partial charge in [-0.05, 0) is 31.5 Å². The fraction of sp³-hybridized carbons (Fsp3) is 0.368. The molecule has 1 saturated heterocycles. The van der Waals surface area contributed by atoms with E-state index in [4.69, 9.17) is 10.5 Å². The van der Waals surface area contributed by atoms with E-state index in [0.29, 0.717) is 11.4 Å². The van der Waals surface area contributed by atoms with Crippen LogP contribution in [-0.4, -0.2) is 46.0 Å². The Morgan fingerprint density at radius 2 is 2.32 bits per heavy atom. The Bertz CT molecular complexity index is 951. The molecule has 0 saturated carbocycles. The molecule has 2 aliphatic heterocycles. The largest absolute Gasteiger partial charge is 0.484 e. The van der Waals surface area contributed by atoms with E-state index in [2.05, 4.69) is 26.5 Å². The number of hydrogen-bond donors (Lipinski definition) is 2. The van der Waals surface area contributed by atoms with E-state index < -0.39 is 6.29 Å². The maximum Gasteiger partial charge on any atom is 0.184 e. The normalized spacial score (nSPS) is 21.9. The molecule has 2 atom stereocenters. The van der Waals surface area contributed by atoms with Gasteiger partial charge in [0, 0.05) is 37.7 Å². The molecule has 1 unspecified atom stereocenters. The second-order valence-corrected chi connectivity index (χ2v) is 6.76. The van der Waals surface area contributed by atoms with Crippen LogP contribution in [0, 0.1) is 11.3 Å². The lowest BCUT2D eigenvalue weighted by molar-refractivity contribution is 0.166. The number of aliphatic imine (C=N–C) groups is 1. The van der Waals surface area contributed by atoms with Gasteiger partial charge >= 0.3 is 0 Å². The number of nitrogens with two attached hydrogens (primary N) is 1. The van der Waals surface area contributed by atoms with Gasteiger partial charge < -0.3 is 15.0 Å². The minimum atomic E-state index is -0.652. The third-order valence-corrected chi connectivity index (χ3v) is 4.75. The molecule has 0 aliphatic carbocycles. The molecule has 1 fully saturated rings. The van der Waals surface area contributed by atoms with Crippen LogP contribution in [0.4, 0.5) is 5.69 Å². The average Bonchev–Trinajstić information content (AvgIpc) is 3.15. The lowest BCUT2D eigenvalue weighted by Gasteiger charge is -2.31. The molecule has 2 aromatic heterocycles. The standard InChI is InChI=1S/C19H22N8O/c1-26-12-13(10-24-26)15-5-8-27(19(21)25-15)17-4-7-23-16(9-20)18(17)28-14-3-2-6-22-11-14/h4-5,7-8,10,12,14,19,22H,2-3,6,11,21H2,1H3/t14?,19-/m0/s1. The lowest BCUT2D eigenvalue weighted by atomic mass is 10.1. The summed E-state index contributed by atoms with van der Waals surface area (Å²) in [5.74, 6) is 0.443. The van der Waals surface area contributed by atoms with E-state index >= 15 is 0 Å². The van der Waals surface area contributed by atoms with Crippen LogP contribution in [0.25, 0.3) is 0 Å². The Kier molecular flexibility index (Phi) is 5.06. The highest BCUT2D eigenvalue weighted by molar-refractivity contribution is 6.09. The number of ether oxygens (including phenoxy) is 1. The first kappa shape index (κ1) is 18.2. The predicted molar refractivity (Wildman–Crippen MR) is 105 cm³/mol. The van der Waals surface area contributed by atoms with E-state index in [0.717, 1.165) is 37.2 Å². The summed E-state index contributed by atoms with van der Waals surface area (Å²) in [4.78, 5) is 10.5. The summed E-state index contributed by atoms with van der Waals surface area (Å²) in [5, 5.41) is 17.0. The van der Waals surface area contributed by atoms with Crippen molar-refractivity contribution in [2.24, 2.45) is 17.8 Å². The summed E-state index contributed by atoms with van der Waals surface area (Å²) in [7, 11) is 1.85. The average molecular weight is 378 g/mol. The van der Waals surface area contributed by atoms with Crippen LogP contribution in [0.1, 0.15) is 24.1 Å². The number of aryl methyl sites for hydroxylation is 1. The molecule has 2 aliphatic rings. The molecule has 3 N–H and O–H groups in total. The maximum atomic E-state index is 9.52. The summed E-state index contributed by atoms with van der Waals surface area (Å²) in [6, 6.07) is 3.91. The number of nitrogens with one attached hydrogen (secondary N) is 1. The van der Waals surface area contributed by atoms with Gasteiger partial charge in [0.15, 0.2) is 17.7 Å². The Morgan fingerprint density at radius 1 is 1.43 bits per heavy atom. The van der Waals surface area contributed by atoms with Crippen molar-refractivity contribution in [3.05, 3.63) is 48.2 Å². The SMILES string of the molecule is Cn1cc(C2=N[C@H](N)N(c3ccnc(C#N)c3OC3CCCNC3)C=C2)cn1. The van der Waals surface area contributed by atoms with Crippen molar-refractivity contribution in [3.63, 3.8) is 0 Å². The van der Waals surface area contributed by atoms with Gasteiger partial charge in [-0.1, -0.05) is 0 Å². The molecule has 4 rings (SSSR count). The molecular formula is C19H22N8O. The van der Waals surface area contributed by atoms with Crippen LogP contribution in [0.5, 0.6) is 5.75 Å². The Labute approximate surface area is 163 Å². The second-order valence-electron chi connectivity index (χ2n) is 6.76. The number of pyridine rings is 1. The third kappa shape index (κ3) is 3.60. The van der Waals surface area contributed by atoms with E-state index in [1.54, 1.807) is 28.0 Å². The zero-order valence-electron chi connectivity index (χ0n) is 15.6. The topological polar surface area (TPSA) is 117 Å². The van der Waals surface area contributed by atoms with Gasteiger partial charge in [0.25, 0.3) is 0 Å². The smallest absolute Gasteiger partial charge is 0.184 e. The molecule has 0 aromatic carbocycles. The van der Waals surface area contributed by atoms with Crippen LogP contribution in [-0.2, 0) is 7.05 Å². The van der Waals surface area contributed by atoms with E-state index in [-0.39, 0.29) is 11.8 Å². The van der Waals surface area contributed by atoms with Crippen LogP contribution in [0.2, 0.25) is 0 Å². The second kappa shape index (κ2) is 7.80.